The van der Waals surface area contributed by atoms with Crippen molar-refractivity contribution < 1.29 is 24.8 Å². The van der Waals surface area contributed by atoms with Gasteiger partial charge in [0, 0.05) is 36.1 Å². The number of pyridine rings is 1. The van der Waals surface area contributed by atoms with Gasteiger partial charge in [0.2, 0.25) is 0 Å². The third-order valence-electron chi connectivity index (χ3n) is 8.22. The van der Waals surface area contributed by atoms with Crippen molar-refractivity contribution in [3.05, 3.63) is 112 Å². The summed E-state index contributed by atoms with van der Waals surface area (Å²) in [5.74, 6) is 1.36. The summed E-state index contributed by atoms with van der Waals surface area (Å²) in [4.78, 5) is 4.14. The number of nitriles is 1. The zero-order valence-corrected chi connectivity index (χ0v) is 24.3. The Balaban J connectivity index is 1.46. The van der Waals surface area contributed by atoms with Gasteiger partial charge in [0.15, 0.2) is 0 Å². The quantitative estimate of drug-likeness (QED) is 0.184. The topological polar surface area (TPSA) is 128 Å². The van der Waals surface area contributed by atoms with Gasteiger partial charge in [-0.1, -0.05) is 48.5 Å². The van der Waals surface area contributed by atoms with Gasteiger partial charge in [-0.2, -0.15) is 5.26 Å². The molecule has 1 heterocycles. The van der Waals surface area contributed by atoms with Gasteiger partial charge >= 0.3 is 0 Å². The lowest BCUT2D eigenvalue weighted by atomic mass is 9.96. The number of hydrogen-bond donors (Lipinski definition) is 4. The van der Waals surface area contributed by atoms with E-state index in [2.05, 4.69) is 53.6 Å². The van der Waals surface area contributed by atoms with E-state index >= 15 is 0 Å². The maximum Gasteiger partial charge on any atom is 0.128 e. The van der Waals surface area contributed by atoms with E-state index in [4.69, 9.17) is 9.47 Å². The summed E-state index contributed by atoms with van der Waals surface area (Å²) in [6.45, 7) is 1.71. The third-order valence-corrected chi connectivity index (χ3v) is 8.22. The van der Waals surface area contributed by atoms with Crippen molar-refractivity contribution in [1.29, 1.82) is 5.26 Å². The van der Waals surface area contributed by atoms with E-state index in [1.807, 2.05) is 24.3 Å². The molecule has 8 nitrogen and oxygen atoms in total. The van der Waals surface area contributed by atoms with Crippen LogP contribution in [0.15, 0.2) is 73.1 Å². The molecule has 0 radical (unpaired) electrons. The molecular formula is C35H37N3O5. The molecule has 3 aromatic carbocycles. The third kappa shape index (κ3) is 6.71. The highest BCUT2D eigenvalue weighted by molar-refractivity contribution is 5.68. The molecule has 0 saturated heterocycles. The Morgan fingerprint density at radius 1 is 0.884 bits per heavy atom. The number of aliphatic hydroxyl groups excluding tert-OH is 3. The number of aliphatic hydroxyl groups is 3. The molecule has 1 aromatic heterocycles. The van der Waals surface area contributed by atoms with Gasteiger partial charge in [0.05, 0.1) is 30.9 Å². The monoisotopic (exact) mass is 579 g/mol. The van der Waals surface area contributed by atoms with Crippen LogP contribution in [0.4, 0.5) is 0 Å². The Hall–Kier alpha value is -4.26. The maximum atomic E-state index is 9.89. The molecule has 0 fully saturated rings. The number of nitrogens with one attached hydrogen (secondary N) is 1. The first-order chi connectivity index (χ1) is 21.0. The fraction of sp³-hybridized carbons (Fsp3) is 0.314. The average Bonchev–Trinajstić information content (AvgIpc) is 3.55. The lowest BCUT2D eigenvalue weighted by Gasteiger charge is -2.30. The molecule has 0 spiro atoms. The Morgan fingerprint density at radius 3 is 2.37 bits per heavy atom. The van der Waals surface area contributed by atoms with Gasteiger partial charge in [-0.3, -0.25) is 4.98 Å². The molecular weight excluding hydrogens is 542 g/mol. The lowest BCUT2D eigenvalue weighted by molar-refractivity contribution is 0.0411. The second kappa shape index (κ2) is 13.8. The molecule has 1 aliphatic carbocycles. The van der Waals surface area contributed by atoms with Gasteiger partial charge in [0.1, 0.15) is 30.8 Å². The summed E-state index contributed by atoms with van der Waals surface area (Å²) < 4.78 is 12.9. The molecule has 1 aliphatic rings. The normalized spacial score (nSPS) is 12.5. The Morgan fingerprint density at radius 2 is 1.63 bits per heavy atom. The Bertz CT molecular complexity index is 1590. The van der Waals surface area contributed by atoms with E-state index in [0.29, 0.717) is 17.9 Å². The second-order valence-electron chi connectivity index (χ2n) is 11.0. The minimum atomic E-state index is -1.23. The zero-order valence-electron chi connectivity index (χ0n) is 24.3. The molecule has 0 saturated carbocycles. The first-order valence-corrected chi connectivity index (χ1v) is 14.5. The van der Waals surface area contributed by atoms with E-state index in [-0.39, 0.29) is 13.2 Å². The van der Waals surface area contributed by atoms with Crippen LogP contribution in [0.25, 0.3) is 11.1 Å². The Kier molecular flexibility index (Phi) is 9.70. The SMILES string of the molecule is Cc1c(COc2cc(OCc3cncc(C#N)c3)c(CNC(CO)(CO)CO)c3c2CCC3)cccc1-c1ccccc1. The van der Waals surface area contributed by atoms with Crippen molar-refractivity contribution in [2.75, 3.05) is 19.8 Å². The molecule has 0 unspecified atom stereocenters. The van der Waals surface area contributed by atoms with E-state index in [1.54, 1.807) is 12.3 Å². The van der Waals surface area contributed by atoms with Crippen molar-refractivity contribution in [3.8, 4) is 28.7 Å². The van der Waals surface area contributed by atoms with E-state index in [1.165, 1.54) is 17.3 Å². The standard InChI is InChI=1S/C35H37N3O5/c1-24-28(9-5-10-29(24)27-7-3-2-4-8-27)20-43-33-14-34(42-19-26-13-25(15-36)16-37-17-26)32(30-11-6-12-31(30)33)18-38-35(21-39,22-40)23-41/h2-5,7-10,13-14,16-17,38-41H,6,11-12,18-23H2,1H3. The highest BCUT2D eigenvalue weighted by Crippen LogP contribution is 2.40. The molecule has 0 atom stereocenters. The predicted octanol–water partition coefficient (Wildman–Crippen LogP) is 4.38. The van der Waals surface area contributed by atoms with E-state index in [0.717, 1.165) is 58.4 Å². The molecule has 0 bridgehead atoms. The van der Waals surface area contributed by atoms with Crippen LogP contribution in [-0.2, 0) is 32.6 Å². The van der Waals surface area contributed by atoms with Crippen molar-refractivity contribution in [2.45, 2.75) is 51.5 Å². The van der Waals surface area contributed by atoms with Crippen LogP contribution in [-0.4, -0.2) is 45.7 Å². The van der Waals surface area contributed by atoms with Crippen molar-refractivity contribution in [1.82, 2.24) is 10.3 Å². The molecule has 4 N–H and O–H groups in total. The maximum absolute atomic E-state index is 9.89. The largest absolute Gasteiger partial charge is 0.488 e. The van der Waals surface area contributed by atoms with Gasteiger partial charge < -0.3 is 30.1 Å². The summed E-state index contributed by atoms with van der Waals surface area (Å²) >= 11 is 0. The second-order valence-corrected chi connectivity index (χ2v) is 11.0. The van der Waals surface area contributed by atoms with E-state index in [9.17, 15) is 20.6 Å². The summed E-state index contributed by atoms with van der Waals surface area (Å²) in [6, 6.07) is 22.3. The van der Waals surface area contributed by atoms with Crippen molar-refractivity contribution in [3.63, 3.8) is 0 Å². The number of rotatable bonds is 13. The van der Waals surface area contributed by atoms with Crippen LogP contribution in [0, 0.1) is 18.3 Å². The smallest absolute Gasteiger partial charge is 0.128 e. The molecule has 0 amide bonds. The number of aromatic nitrogens is 1. The number of benzene rings is 3. The number of ether oxygens (including phenoxy) is 2. The lowest BCUT2D eigenvalue weighted by Crippen LogP contribution is -2.54. The van der Waals surface area contributed by atoms with Crippen molar-refractivity contribution >= 4 is 0 Å². The fourth-order valence-electron chi connectivity index (χ4n) is 5.55. The highest BCUT2D eigenvalue weighted by atomic mass is 16.5. The van der Waals surface area contributed by atoms with Crippen LogP contribution in [0.1, 0.15) is 45.4 Å². The van der Waals surface area contributed by atoms with Crippen LogP contribution in [0.2, 0.25) is 0 Å². The molecule has 222 valence electrons. The highest BCUT2D eigenvalue weighted by Gasteiger charge is 2.30. The molecule has 43 heavy (non-hydrogen) atoms. The number of nitrogens with zero attached hydrogens (tertiary/aromatic N) is 2. The Labute approximate surface area is 252 Å². The van der Waals surface area contributed by atoms with Crippen molar-refractivity contribution in [2.24, 2.45) is 0 Å². The number of fused-ring (bicyclic) bond motifs is 1. The van der Waals surface area contributed by atoms with Crippen LogP contribution < -0.4 is 14.8 Å². The molecule has 4 aromatic rings. The predicted molar refractivity (Wildman–Crippen MR) is 164 cm³/mol. The minimum absolute atomic E-state index is 0.192. The van der Waals surface area contributed by atoms with Gasteiger partial charge in [0.25, 0.3) is 0 Å². The van der Waals surface area contributed by atoms with Crippen LogP contribution in [0.3, 0.4) is 0 Å². The van der Waals surface area contributed by atoms with Gasteiger partial charge in [-0.15, -0.1) is 0 Å². The summed E-state index contributed by atoms with van der Waals surface area (Å²) in [5, 5.41) is 42.1. The first kappa shape index (κ1) is 30.2. The van der Waals surface area contributed by atoms with E-state index < -0.39 is 25.4 Å². The number of hydrogen-bond acceptors (Lipinski definition) is 8. The summed E-state index contributed by atoms with van der Waals surface area (Å²) in [6.07, 6.45) is 5.83. The molecule has 5 rings (SSSR count). The van der Waals surface area contributed by atoms with Crippen LogP contribution in [0.5, 0.6) is 11.5 Å². The summed E-state index contributed by atoms with van der Waals surface area (Å²) in [5.41, 5.74) is 7.70. The van der Waals surface area contributed by atoms with Gasteiger partial charge in [-0.25, -0.2) is 0 Å². The molecule has 8 heteroatoms. The summed E-state index contributed by atoms with van der Waals surface area (Å²) in [7, 11) is 0. The van der Waals surface area contributed by atoms with Crippen LogP contribution >= 0.6 is 0 Å². The van der Waals surface area contributed by atoms with Gasteiger partial charge in [-0.05, 0) is 65.6 Å². The first-order valence-electron chi connectivity index (χ1n) is 14.5. The minimum Gasteiger partial charge on any atom is -0.488 e. The average molecular weight is 580 g/mol. The zero-order chi connectivity index (χ0) is 30.2. The molecule has 0 aliphatic heterocycles. The fourth-order valence-corrected chi connectivity index (χ4v) is 5.55.